The van der Waals surface area contributed by atoms with Crippen LogP contribution in [0.5, 0.6) is 0 Å². The van der Waals surface area contributed by atoms with Crippen LogP contribution in [0.25, 0.3) is 0 Å². The number of hydrogen-bond donors (Lipinski definition) is 0. The van der Waals surface area contributed by atoms with Crippen LogP contribution in [0.3, 0.4) is 0 Å². The molecule has 7 nitrogen and oxygen atoms in total. The number of carbonyl (C=O) groups excluding carboxylic acids is 2. The van der Waals surface area contributed by atoms with E-state index in [4.69, 9.17) is 0 Å². The van der Waals surface area contributed by atoms with Crippen molar-refractivity contribution < 1.29 is 89.4 Å². The van der Waals surface area contributed by atoms with E-state index in [2.05, 4.69) is 0 Å². The summed E-state index contributed by atoms with van der Waals surface area (Å²) in [6.07, 6.45) is 0. The molecule has 0 saturated carbocycles. The van der Waals surface area contributed by atoms with Gasteiger partial charge in [0, 0.05) is 0 Å². The van der Waals surface area contributed by atoms with Gasteiger partial charge in [0.1, 0.15) is 10.1 Å². The fraction of sp³-hybridized carbons (Fsp3) is 0. The van der Waals surface area contributed by atoms with Crippen molar-refractivity contribution in [1.29, 1.82) is 0 Å². The van der Waals surface area contributed by atoms with Gasteiger partial charge < -0.3 is 24.4 Å². The van der Waals surface area contributed by atoms with Gasteiger partial charge in [0.05, 0.1) is 16.8 Å². The molecular weight excluding hydrogens is 261 g/mol. The maximum atomic E-state index is 10.6. The van der Waals surface area contributed by atoms with Gasteiger partial charge in [-0.2, -0.15) is 0 Å². The number of hydrogen-bond acceptors (Lipinski definition) is 7. The van der Waals surface area contributed by atoms with E-state index in [1.165, 1.54) is 0 Å². The second-order valence-corrected chi connectivity index (χ2v) is 4.15. The van der Waals surface area contributed by atoms with Crippen LogP contribution in [-0.2, 0) is 10.1 Å². The van der Waals surface area contributed by atoms with Gasteiger partial charge in [-0.15, -0.1) is 0 Å². The summed E-state index contributed by atoms with van der Waals surface area (Å²) in [5, 5.41) is 20.9. The van der Waals surface area contributed by atoms with Crippen molar-refractivity contribution in [3.8, 4) is 0 Å². The third-order valence-corrected chi connectivity index (χ3v) is 2.48. The normalized spacial score (nSPS) is 9.32. The van der Waals surface area contributed by atoms with Crippen LogP contribution in [0.4, 0.5) is 0 Å². The molecule has 11 heteroatoms. The molecular formula is C8H3Li3O7S. The quantitative estimate of drug-likeness (QED) is 0.390. The topological polar surface area (TPSA) is 137 Å². The molecule has 0 spiro atoms. The van der Waals surface area contributed by atoms with E-state index in [0.717, 1.165) is 0 Å². The van der Waals surface area contributed by atoms with Crippen LogP contribution in [-0.4, -0.2) is 24.9 Å². The smallest absolute Gasteiger partial charge is 0.744 e. The van der Waals surface area contributed by atoms with Crippen molar-refractivity contribution in [3.05, 3.63) is 29.3 Å². The summed E-state index contributed by atoms with van der Waals surface area (Å²) in [5.74, 6) is -3.60. The molecule has 0 atom stereocenters. The zero-order chi connectivity index (χ0) is 12.5. The minimum Gasteiger partial charge on any atom is -0.744 e. The molecule has 0 aromatic heterocycles. The zero-order valence-electron chi connectivity index (χ0n) is 10.5. The second-order valence-electron chi connectivity index (χ2n) is 2.78. The summed E-state index contributed by atoms with van der Waals surface area (Å²) in [5.41, 5.74) is -1.45. The molecule has 0 N–H and O–H groups in total. The molecule has 0 radical (unpaired) electrons. The molecule has 0 fully saturated rings. The first-order chi connectivity index (χ1) is 7.21. The van der Waals surface area contributed by atoms with Gasteiger partial charge in [-0.3, -0.25) is 0 Å². The van der Waals surface area contributed by atoms with E-state index < -0.39 is 38.1 Å². The summed E-state index contributed by atoms with van der Waals surface area (Å²) in [7, 11) is -4.95. The monoisotopic (exact) mass is 264 g/mol. The molecule has 0 saturated heterocycles. The molecule has 1 aromatic carbocycles. The summed E-state index contributed by atoms with van der Waals surface area (Å²) in [6, 6.07) is 1.67. The fourth-order valence-electron chi connectivity index (χ4n) is 0.979. The van der Waals surface area contributed by atoms with Crippen molar-refractivity contribution in [2.24, 2.45) is 0 Å². The number of benzene rings is 1. The van der Waals surface area contributed by atoms with Gasteiger partial charge in [0.15, 0.2) is 0 Å². The summed E-state index contributed by atoms with van der Waals surface area (Å²) in [6.45, 7) is 0. The van der Waals surface area contributed by atoms with Gasteiger partial charge in [-0.1, -0.05) is 0 Å². The predicted octanol–water partition coefficient (Wildman–Crippen LogP) is -11.7. The van der Waals surface area contributed by atoms with Crippen molar-refractivity contribution in [2.45, 2.75) is 4.90 Å². The largest absolute Gasteiger partial charge is 1.00 e. The Labute approximate surface area is 145 Å². The minimum atomic E-state index is -4.95. The molecule has 0 aliphatic heterocycles. The first-order valence-corrected chi connectivity index (χ1v) is 5.16. The molecule has 1 rings (SSSR count). The van der Waals surface area contributed by atoms with Gasteiger partial charge in [-0.05, 0) is 29.3 Å². The van der Waals surface area contributed by atoms with Crippen LogP contribution < -0.4 is 66.8 Å². The SMILES string of the molecule is O=C([O-])c1cc(C(=O)[O-])cc(S(=O)(=O)[O-])c1.[Li+].[Li+].[Li+]. The average Bonchev–Trinajstić information content (AvgIpc) is 2.15. The van der Waals surface area contributed by atoms with E-state index >= 15 is 0 Å². The van der Waals surface area contributed by atoms with Gasteiger partial charge in [0.25, 0.3) is 0 Å². The van der Waals surface area contributed by atoms with Crippen LogP contribution in [0.1, 0.15) is 20.7 Å². The van der Waals surface area contributed by atoms with Gasteiger partial charge in [-0.25, -0.2) is 8.42 Å². The summed E-state index contributed by atoms with van der Waals surface area (Å²) >= 11 is 0. The standard InChI is InChI=1S/C8H6O7S.3Li/c9-7(10)4-1-5(8(11)12)3-6(2-4)16(13,14)15;;;/h1-3H,(H,9,10)(H,11,12)(H,13,14,15);;;/q;3*+1/p-3. The van der Waals surface area contributed by atoms with Crippen molar-refractivity contribution in [1.82, 2.24) is 0 Å². The Bertz CT molecular complexity index is 537. The molecule has 0 amide bonds. The maximum absolute atomic E-state index is 10.6. The summed E-state index contributed by atoms with van der Waals surface area (Å²) < 4.78 is 31.8. The number of carboxylic acids is 2. The van der Waals surface area contributed by atoms with Crippen LogP contribution in [0.2, 0.25) is 0 Å². The maximum Gasteiger partial charge on any atom is 1.00 e. The average molecular weight is 264 g/mol. The first-order valence-electron chi connectivity index (χ1n) is 3.75. The van der Waals surface area contributed by atoms with Gasteiger partial charge >= 0.3 is 56.6 Å². The Kier molecular flexibility index (Phi) is 11.2. The van der Waals surface area contributed by atoms with E-state index in [9.17, 15) is 32.8 Å². The Morgan fingerprint density at radius 3 is 1.37 bits per heavy atom. The molecule has 0 aliphatic carbocycles. The van der Waals surface area contributed by atoms with Gasteiger partial charge in [0.2, 0.25) is 0 Å². The molecule has 86 valence electrons. The van der Waals surface area contributed by atoms with Crippen LogP contribution in [0, 0.1) is 0 Å². The molecule has 0 bridgehead atoms. The van der Waals surface area contributed by atoms with Crippen molar-refractivity contribution >= 4 is 22.1 Å². The predicted molar refractivity (Wildman–Crippen MR) is 43.1 cm³/mol. The summed E-state index contributed by atoms with van der Waals surface area (Å²) in [4.78, 5) is 19.9. The van der Waals surface area contributed by atoms with Crippen molar-refractivity contribution in [3.63, 3.8) is 0 Å². The van der Waals surface area contributed by atoms with E-state index in [1.807, 2.05) is 0 Å². The Morgan fingerprint density at radius 1 is 0.842 bits per heavy atom. The zero-order valence-corrected chi connectivity index (χ0v) is 11.3. The Balaban J connectivity index is -0.000000853. The molecule has 0 unspecified atom stereocenters. The molecule has 0 aliphatic rings. The van der Waals surface area contributed by atoms with Crippen LogP contribution >= 0.6 is 0 Å². The van der Waals surface area contributed by atoms with Crippen molar-refractivity contribution in [2.75, 3.05) is 0 Å². The first kappa shape index (κ1) is 23.9. The van der Waals surface area contributed by atoms with E-state index in [0.29, 0.717) is 18.2 Å². The molecule has 0 heterocycles. The second kappa shape index (κ2) is 8.92. The fourth-order valence-corrected chi connectivity index (χ4v) is 1.52. The van der Waals surface area contributed by atoms with Crippen LogP contribution in [0.15, 0.2) is 23.1 Å². The van der Waals surface area contributed by atoms with E-state index in [1.54, 1.807) is 0 Å². The number of rotatable bonds is 3. The minimum absolute atomic E-state index is 0. The Morgan fingerprint density at radius 2 is 1.16 bits per heavy atom. The number of carbonyl (C=O) groups is 2. The van der Waals surface area contributed by atoms with E-state index in [-0.39, 0.29) is 56.6 Å². The molecule has 19 heavy (non-hydrogen) atoms. The molecule has 1 aromatic rings. The number of carboxylic acid groups (broad SMARTS) is 2. The third-order valence-electron chi connectivity index (χ3n) is 1.67. The Hall–Kier alpha value is -0.138. The third kappa shape index (κ3) is 6.72. The number of aromatic carboxylic acids is 2.